The van der Waals surface area contributed by atoms with Gasteiger partial charge in [0.1, 0.15) is 4.88 Å². The summed E-state index contributed by atoms with van der Waals surface area (Å²) in [6, 6.07) is 7.18. The summed E-state index contributed by atoms with van der Waals surface area (Å²) in [6.07, 6.45) is 3.32. The molecule has 2 heterocycles. The lowest BCUT2D eigenvalue weighted by atomic mass is 10.1. The Balaban J connectivity index is 1.82. The van der Waals surface area contributed by atoms with Gasteiger partial charge in [0.15, 0.2) is 0 Å². The molecular weight excluding hydrogens is 298 g/mol. The van der Waals surface area contributed by atoms with E-state index in [1.165, 1.54) is 24.2 Å². The Labute approximate surface area is 133 Å². The number of nitrogens with two attached hydrogens (primary N) is 1. The number of carboxylic acids is 1. The van der Waals surface area contributed by atoms with Crippen LogP contribution in [0.15, 0.2) is 24.3 Å². The Morgan fingerprint density at radius 3 is 2.59 bits per heavy atom. The molecular formula is C16H19N3O2S. The van der Waals surface area contributed by atoms with Crippen LogP contribution in [0.25, 0.3) is 11.3 Å². The fraction of sp³-hybridized carbons (Fsp3) is 0.375. The third-order valence-electron chi connectivity index (χ3n) is 3.89. The molecule has 5 nitrogen and oxygen atoms in total. The minimum atomic E-state index is -0.920. The molecule has 22 heavy (non-hydrogen) atoms. The van der Waals surface area contributed by atoms with Crippen LogP contribution in [-0.4, -0.2) is 40.6 Å². The highest BCUT2D eigenvalue weighted by atomic mass is 32.1. The van der Waals surface area contributed by atoms with E-state index in [0.29, 0.717) is 16.3 Å². The van der Waals surface area contributed by atoms with Crippen molar-refractivity contribution in [1.82, 2.24) is 9.88 Å². The van der Waals surface area contributed by atoms with Crippen LogP contribution in [0, 0.1) is 0 Å². The highest BCUT2D eigenvalue weighted by Gasteiger charge is 2.19. The molecule has 0 radical (unpaired) electrons. The van der Waals surface area contributed by atoms with E-state index in [-0.39, 0.29) is 0 Å². The molecule has 1 fully saturated rings. The van der Waals surface area contributed by atoms with Crippen LogP contribution in [0.4, 0.5) is 5.69 Å². The fourth-order valence-corrected chi connectivity index (χ4v) is 3.63. The molecule has 1 aliphatic rings. The fourth-order valence-electron chi connectivity index (χ4n) is 2.71. The van der Waals surface area contributed by atoms with Gasteiger partial charge < -0.3 is 15.7 Å². The molecule has 0 bridgehead atoms. The Kier molecular flexibility index (Phi) is 4.40. The number of nitrogen functional groups attached to an aromatic ring is 1. The maximum atomic E-state index is 11.5. The van der Waals surface area contributed by atoms with Crippen LogP contribution >= 0.6 is 11.3 Å². The second kappa shape index (κ2) is 6.46. The molecule has 0 amide bonds. The predicted molar refractivity (Wildman–Crippen MR) is 88.3 cm³/mol. The number of anilines is 1. The Hall–Kier alpha value is -1.92. The zero-order chi connectivity index (χ0) is 15.5. The van der Waals surface area contributed by atoms with Crippen LogP contribution < -0.4 is 5.73 Å². The molecule has 3 N–H and O–H groups in total. The average molecular weight is 317 g/mol. The minimum absolute atomic E-state index is 0.307. The van der Waals surface area contributed by atoms with Gasteiger partial charge in [0.25, 0.3) is 0 Å². The van der Waals surface area contributed by atoms with Crippen LogP contribution in [0.5, 0.6) is 0 Å². The molecule has 0 spiro atoms. The monoisotopic (exact) mass is 317 g/mol. The number of likely N-dealkylation sites (tertiary alicyclic amines) is 1. The van der Waals surface area contributed by atoms with Gasteiger partial charge in [0, 0.05) is 24.2 Å². The van der Waals surface area contributed by atoms with E-state index >= 15 is 0 Å². The lowest BCUT2D eigenvalue weighted by Gasteiger charge is -2.12. The van der Waals surface area contributed by atoms with E-state index in [0.717, 1.165) is 36.6 Å². The third-order valence-corrected chi connectivity index (χ3v) is 4.99. The number of rotatable bonds is 5. The lowest BCUT2D eigenvalue weighted by molar-refractivity contribution is 0.0702. The molecule has 1 aliphatic heterocycles. The molecule has 1 aromatic heterocycles. The smallest absolute Gasteiger partial charge is 0.348 e. The summed E-state index contributed by atoms with van der Waals surface area (Å²) in [6.45, 7) is 3.23. The first-order chi connectivity index (χ1) is 10.6. The Bertz CT molecular complexity index is 661. The van der Waals surface area contributed by atoms with Crippen molar-refractivity contribution < 1.29 is 9.90 Å². The number of hydrogen-bond donors (Lipinski definition) is 2. The van der Waals surface area contributed by atoms with Gasteiger partial charge in [-0.3, -0.25) is 0 Å². The van der Waals surface area contributed by atoms with E-state index in [4.69, 9.17) is 5.73 Å². The van der Waals surface area contributed by atoms with Crippen molar-refractivity contribution >= 4 is 23.0 Å². The summed E-state index contributed by atoms with van der Waals surface area (Å²) in [5.41, 5.74) is 7.69. The predicted octanol–water partition coefficient (Wildman–Crippen LogP) is 2.73. The number of carboxylic acid groups (broad SMARTS) is 1. The molecule has 1 aromatic carbocycles. The number of nitrogens with zero attached hydrogens (tertiary/aromatic N) is 2. The molecule has 0 unspecified atom stereocenters. The van der Waals surface area contributed by atoms with Gasteiger partial charge in [-0.2, -0.15) is 0 Å². The second-order valence-electron chi connectivity index (χ2n) is 5.51. The molecule has 6 heteroatoms. The molecule has 3 rings (SSSR count). The number of carbonyl (C=O) groups is 1. The van der Waals surface area contributed by atoms with E-state index in [1.54, 1.807) is 12.1 Å². The van der Waals surface area contributed by atoms with Crippen LogP contribution in [-0.2, 0) is 6.42 Å². The molecule has 2 aromatic rings. The van der Waals surface area contributed by atoms with E-state index < -0.39 is 5.97 Å². The van der Waals surface area contributed by atoms with Crippen molar-refractivity contribution in [3.05, 3.63) is 34.2 Å². The summed E-state index contributed by atoms with van der Waals surface area (Å²) in [7, 11) is 0. The van der Waals surface area contributed by atoms with Gasteiger partial charge in [-0.25, -0.2) is 9.78 Å². The van der Waals surface area contributed by atoms with Gasteiger partial charge in [-0.15, -0.1) is 11.3 Å². The number of benzene rings is 1. The van der Waals surface area contributed by atoms with Gasteiger partial charge in [-0.05, 0) is 38.1 Å². The van der Waals surface area contributed by atoms with Gasteiger partial charge in [0.05, 0.1) is 10.7 Å². The molecule has 0 atom stereocenters. The first-order valence-corrected chi connectivity index (χ1v) is 8.26. The quantitative estimate of drug-likeness (QED) is 0.829. The SMILES string of the molecule is Nc1ccc(-c2nc(CCN3CCCC3)sc2C(=O)O)cc1. The minimum Gasteiger partial charge on any atom is -0.477 e. The highest BCUT2D eigenvalue weighted by molar-refractivity contribution is 7.14. The van der Waals surface area contributed by atoms with Gasteiger partial charge in [0.2, 0.25) is 0 Å². The standard InChI is InChI=1S/C16H19N3O2S/c17-12-5-3-11(4-6-12)14-15(16(20)21)22-13(18-14)7-10-19-8-1-2-9-19/h3-6H,1-2,7-10,17H2,(H,20,21). The zero-order valence-corrected chi connectivity index (χ0v) is 13.1. The number of hydrogen-bond acceptors (Lipinski definition) is 5. The van der Waals surface area contributed by atoms with Crippen LogP contribution in [0.1, 0.15) is 27.5 Å². The molecule has 0 saturated carbocycles. The number of thiazole rings is 1. The Morgan fingerprint density at radius 2 is 1.95 bits per heavy atom. The molecule has 1 saturated heterocycles. The van der Waals surface area contributed by atoms with Crippen molar-refractivity contribution in [3.63, 3.8) is 0 Å². The maximum absolute atomic E-state index is 11.5. The van der Waals surface area contributed by atoms with Crippen LogP contribution in [0.2, 0.25) is 0 Å². The first-order valence-electron chi connectivity index (χ1n) is 7.45. The zero-order valence-electron chi connectivity index (χ0n) is 12.3. The lowest BCUT2D eigenvalue weighted by Crippen LogP contribution is -2.21. The second-order valence-corrected chi connectivity index (χ2v) is 6.59. The van der Waals surface area contributed by atoms with Crippen molar-refractivity contribution in [2.45, 2.75) is 19.3 Å². The van der Waals surface area contributed by atoms with Crippen molar-refractivity contribution in [3.8, 4) is 11.3 Å². The van der Waals surface area contributed by atoms with Crippen molar-refractivity contribution in [1.29, 1.82) is 0 Å². The topological polar surface area (TPSA) is 79.5 Å². The van der Waals surface area contributed by atoms with E-state index in [9.17, 15) is 9.90 Å². The van der Waals surface area contributed by atoms with E-state index in [1.807, 2.05) is 12.1 Å². The third kappa shape index (κ3) is 3.28. The molecule has 0 aliphatic carbocycles. The van der Waals surface area contributed by atoms with Crippen molar-refractivity contribution in [2.24, 2.45) is 0 Å². The summed E-state index contributed by atoms with van der Waals surface area (Å²) in [5, 5.41) is 10.3. The normalized spacial score (nSPS) is 15.3. The summed E-state index contributed by atoms with van der Waals surface area (Å²) < 4.78 is 0. The van der Waals surface area contributed by atoms with Gasteiger partial charge >= 0.3 is 5.97 Å². The maximum Gasteiger partial charge on any atom is 0.348 e. The summed E-state index contributed by atoms with van der Waals surface area (Å²) in [5.74, 6) is -0.920. The number of aromatic carboxylic acids is 1. The largest absolute Gasteiger partial charge is 0.477 e. The highest BCUT2D eigenvalue weighted by Crippen LogP contribution is 2.29. The Morgan fingerprint density at radius 1 is 1.27 bits per heavy atom. The van der Waals surface area contributed by atoms with Gasteiger partial charge in [-0.1, -0.05) is 12.1 Å². The van der Waals surface area contributed by atoms with E-state index in [2.05, 4.69) is 9.88 Å². The first kappa shape index (κ1) is 15.0. The number of aromatic nitrogens is 1. The van der Waals surface area contributed by atoms with Crippen LogP contribution in [0.3, 0.4) is 0 Å². The molecule has 116 valence electrons. The summed E-state index contributed by atoms with van der Waals surface area (Å²) >= 11 is 1.28. The van der Waals surface area contributed by atoms with Crippen molar-refractivity contribution in [2.75, 3.05) is 25.4 Å². The summed E-state index contributed by atoms with van der Waals surface area (Å²) in [4.78, 5) is 18.7. The average Bonchev–Trinajstić information content (AvgIpc) is 3.15.